The first kappa shape index (κ1) is 20.1. The molecule has 23 heavy (non-hydrogen) atoms. The molecule has 1 unspecified atom stereocenters. The van der Waals surface area contributed by atoms with Crippen molar-refractivity contribution in [1.82, 2.24) is 10.2 Å². The number of rotatable bonds is 4. The summed E-state index contributed by atoms with van der Waals surface area (Å²) in [7, 11) is 1.92. The van der Waals surface area contributed by atoms with Crippen LogP contribution in [-0.2, 0) is 11.3 Å². The molecule has 0 saturated carbocycles. The predicted octanol–water partition coefficient (Wildman–Crippen LogP) is 2.84. The highest BCUT2D eigenvalue weighted by Gasteiger charge is 2.25. The van der Waals surface area contributed by atoms with Crippen LogP contribution in [-0.4, -0.2) is 43.5 Å². The molecule has 0 spiro atoms. The zero-order valence-corrected chi connectivity index (χ0v) is 15.3. The van der Waals surface area contributed by atoms with Crippen LogP contribution in [0.25, 0.3) is 0 Å². The number of hydrogen-bond acceptors (Lipinski definition) is 3. The molecule has 2 aliphatic rings. The number of anilines is 1. The zero-order chi connectivity index (χ0) is 14.7. The Kier molecular flexibility index (Phi) is 8.17. The van der Waals surface area contributed by atoms with Crippen molar-refractivity contribution in [2.45, 2.75) is 38.3 Å². The molecule has 2 heterocycles. The lowest BCUT2D eigenvalue weighted by Crippen LogP contribution is -2.41. The summed E-state index contributed by atoms with van der Waals surface area (Å²) in [6.45, 7) is 3.94. The Hall–Kier alpha value is -0.970. The molecule has 1 aromatic carbocycles. The van der Waals surface area contributed by atoms with Crippen LogP contribution in [0.4, 0.5) is 5.69 Å². The molecule has 130 valence electrons. The highest BCUT2D eigenvalue weighted by molar-refractivity contribution is 5.85. The fourth-order valence-electron chi connectivity index (χ4n) is 3.41. The molecule has 0 bridgehead atoms. The normalized spacial score (nSPS) is 19.9. The number of nitrogens with one attached hydrogen (secondary N) is 1. The maximum atomic E-state index is 12.4. The van der Waals surface area contributed by atoms with Gasteiger partial charge in [0.05, 0.1) is 6.04 Å². The lowest BCUT2D eigenvalue weighted by atomic mass is 10.1. The van der Waals surface area contributed by atoms with Crippen LogP contribution in [0.3, 0.4) is 0 Å². The molecular weight excluding hydrogens is 333 g/mol. The summed E-state index contributed by atoms with van der Waals surface area (Å²) >= 11 is 0. The van der Waals surface area contributed by atoms with Crippen molar-refractivity contribution >= 4 is 36.4 Å². The molecule has 0 aromatic heterocycles. The van der Waals surface area contributed by atoms with Gasteiger partial charge in [-0.15, -0.1) is 24.8 Å². The summed E-state index contributed by atoms with van der Waals surface area (Å²) in [5.41, 5.74) is 2.56. The Morgan fingerprint density at radius 2 is 1.91 bits per heavy atom. The van der Waals surface area contributed by atoms with E-state index in [-0.39, 0.29) is 36.8 Å². The van der Waals surface area contributed by atoms with E-state index in [1.807, 2.05) is 11.9 Å². The highest BCUT2D eigenvalue weighted by Crippen LogP contribution is 2.25. The van der Waals surface area contributed by atoms with Gasteiger partial charge in [0.1, 0.15) is 0 Å². The number of benzene rings is 1. The number of carbonyl (C=O) groups excluding carboxylic acids is 1. The maximum Gasteiger partial charge on any atom is 0.239 e. The van der Waals surface area contributed by atoms with Gasteiger partial charge in [0.15, 0.2) is 0 Å². The molecule has 1 atom stereocenters. The second-order valence-corrected chi connectivity index (χ2v) is 6.17. The molecule has 6 heteroatoms. The van der Waals surface area contributed by atoms with E-state index in [0.717, 1.165) is 32.5 Å². The first-order chi connectivity index (χ1) is 10.3. The summed E-state index contributed by atoms with van der Waals surface area (Å²) in [6, 6.07) is 8.53. The Balaban J connectivity index is 0.00000132. The van der Waals surface area contributed by atoms with E-state index in [4.69, 9.17) is 0 Å². The second-order valence-electron chi connectivity index (χ2n) is 6.17. The van der Waals surface area contributed by atoms with Gasteiger partial charge in [0.2, 0.25) is 5.91 Å². The molecule has 0 radical (unpaired) electrons. The van der Waals surface area contributed by atoms with Crippen LogP contribution in [0, 0.1) is 0 Å². The van der Waals surface area contributed by atoms with Gasteiger partial charge in [-0.3, -0.25) is 4.79 Å². The van der Waals surface area contributed by atoms with Crippen molar-refractivity contribution in [3.05, 3.63) is 29.8 Å². The lowest BCUT2D eigenvalue weighted by Gasteiger charge is -2.26. The average molecular weight is 360 g/mol. The minimum absolute atomic E-state index is 0. The van der Waals surface area contributed by atoms with Gasteiger partial charge in [0.25, 0.3) is 0 Å². The van der Waals surface area contributed by atoms with Gasteiger partial charge >= 0.3 is 0 Å². The fourth-order valence-corrected chi connectivity index (χ4v) is 3.41. The van der Waals surface area contributed by atoms with Gasteiger partial charge in [0, 0.05) is 32.4 Å². The average Bonchev–Trinajstić information content (AvgIpc) is 3.20. The summed E-state index contributed by atoms with van der Waals surface area (Å²) in [6.07, 6.45) is 4.62. The second kappa shape index (κ2) is 9.36. The SMILES string of the molecule is CN(Cc1ccccc1N1CCCC1)C(=O)C1CCCN1.Cl.Cl. The molecule has 3 rings (SSSR count). The third kappa shape index (κ3) is 4.75. The highest BCUT2D eigenvalue weighted by atomic mass is 35.5. The molecule has 1 aromatic rings. The summed E-state index contributed by atoms with van der Waals surface area (Å²) in [5, 5.41) is 3.29. The Bertz CT molecular complexity index is 500. The third-order valence-corrected chi connectivity index (χ3v) is 4.58. The molecule has 0 aliphatic carbocycles. The van der Waals surface area contributed by atoms with Gasteiger partial charge in [-0.25, -0.2) is 0 Å². The Morgan fingerprint density at radius 1 is 1.22 bits per heavy atom. The zero-order valence-electron chi connectivity index (χ0n) is 13.7. The van der Waals surface area contributed by atoms with Crippen LogP contribution >= 0.6 is 24.8 Å². The molecule has 2 saturated heterocycles. The van der Waals surface area contributed by atoms with Crippen LogP contribution in [0.5, 0.6) is 0 Å². The fraction of sp³-hybridized carbons (Fsp3) is 0.588. The Labute approximate surface area is 151 Å². The number of amides is 1. The maximum absolute atomic E-state index is 12.4. The van der Waals surface area contributed by atoms with E-state index >= 15 is 0 Å². The lowest BCUT2D eigenvalue weighted by molar-refractivity contribution is -0.132. The monoisotopic (exact) mass is 359 g/mol. The van der Waals surface area contributed by atoms with Crippen molar-refractivity contribution in [1.29, 1.82) is 0 Å². The minimum Gasteiger partial charge on any atom is -0.371 e. The first-order valence-corrected chi connectivity index (χ1v) is 8.07. The molecule has 4 nitrogen and oxygen atoms in total. The van der Waals surface area contributed by atoms with Crippen LogP contribution in [0.1, 0.15) is 31.2 Å². The molecular formula is C17H27Cl2N3O. The third-order valence-electron chi connectivity index (χ3n) is 4.58. The van der Waals surface area contributed by atoms with E-state index in [0.29, 0.717) is 6.54 Å². The van der Waals surface area contributed by atoms with Crippen LogP contribution in [0.2, 0.25) is 0 Å². The predicted molar refractivity (Wildman–Crippen MR) is 99.9 cm³/mol. The number of para-hydroxylation sites is 1. The number of halogens is 2. The van der Waals surface area contributed by atoms with Crippen molar-refractivity contribution in [2.75, 3.05) is 31.6 Å². The molecule has 2 fully saturated rings. The van der Waals surface area contributed by atoms with E-state index in [9.17, 15) is 4.79 Å². The molecule has 1 N–H and O–H groups in total. The largest absolute Gasteiger partial charge is 0.371 e. The quantitative estimate of drug-likeness (QED) is 0.897. The van der Waals surface area contributed by atoms with E-state index < -0.39 is 0 Å². The van der Waals surface area contributed by atoms with E-state index in [1.54, 1.807) is 0 Å². The van der Waals surface area contributed by atoms with Crippen molar-refractivity contribution in [3.8, 4) is 0 Å². The van der Waals surface area contributed by atoms with Gasteiger partial charge < -0.3 is 15.1 Å². The van der Waals surface area contributed by atoms with Crippen LogP contribution < -0.4 is 10.2 Å². The van der Waals surface area contributed by atoms with Gasteiger partial charge in [-0.1, -0.05) is 18.2 Å². The van der Waals surface area contributed by atoms with Crippen molar-refractivity contribution in [2.24, 2.45) is 0 Å². The minimum atomic E-state index is 0. The number of nitrogens with zero attached hydrogens (tertiary/aromatic N) is 2. The summed E-state index contributed by atoms with van der Waals surface area (Å²) in [4.78, 5) is 16.8. The number of carbonyl (C=O) groups is 1. The Morgan fingerprint density at radius 3 is 2.57 bits per heavy atom. The standard InChI is InChI=1S/C17H25N3O.2ClH/c1-19(17(21)15-8-6-10-18-15)13-14-7-2-3-9-16(14)20-11-4-5-12-20;;/h2-3,7,9,15,18H,4-6,8,10-13H2,1H3;2*1H. The first-order valence-electron chi connectivity index (χ1n) is 8.07. The number of likely N-dealkylation sites (N-methyl/N-ethyl adjacent to an activating group) is 1. The molecule has 2 aliphatic heterocycles. The number of hydrogen-bond donors (Lipinski definition) is 1. The topological polar surface area (TPSA) is 35.6 Å². The van der Waals surface area contributed by atoms with Crippen molar-refractivity contribution < 1.29 is 4.79 Å². The van der Waals surface area contributed by atoms with E-state index in [1.165, 1.54) is 24.1 Å². The van der Waals surface area contributed by atoms with Crippen LogP contribution in [0.15, 0.2) is 24.3 Å². The smallest absolute Gasteiger partial charge is 0.239 e. The van der Waals surface area contributed by atoms with Crippen molar-refractivity contribution in [3.63, 3.8) is 0 Å². The van der Waals surface area contributed by atoms with E-state index in [2.05, 4.69) is 34.5 Å². The summed E-state index contributed by atoms with van der Waals surface area (Å²) < 4.78 is 0. The molecule has 1 amide bonds. The van der Waals surface area contributed by atoms with Gasteiger partial charge in [-0.05, 0) is 43.9 Å². The van der Waals surface area contributed by atoms with Gasteiger partial charge in [-0.2, -0.15) is 0 Å². The summed E-state index contributed by atoms with van der Waals surface area (Å²) in [5.74, 6) is 0.226.